The largest absolute Gasteiger partial charge is 0.324 e. The van der Waals surface area contributed by atoms with Crippen molar-refractivity contribution in [2.24, 2.45) is 5.92 Å². The van der Waals surface area contributed by atoms with E-state index in [4.69, 9.17) is 23.2 Å². The number of likely N-dealkylation sites (tertiary alicyclic amines) is 1. The maximum Gasteiger partial charge on any atom is 0.240 e. The number of halogens is 2. The zero-order valence-corrected chi connectivity index (χ0v) is 19.7. The van der Waals surface area contributed by atoms with Crippen molar-refractivity contribution < 1.29 is 13.2 Å². The van der Waals surface area contributed by atoms with Gasteiger partial charge < -0.3 is 10.2 Å². The van der Waals surface area contributed by atoms with Crippen LogP contribution in [0.1, 0.15) is 24.8 Å². The fourth-order valence-electron chi connectivity index (χ4n) is 3.63. The van der Waals surface area contributed by atoms with Crippen molar-refractivity contribution in [3.05, 3.63) is 58.1 Å². The van der Waals surface area contributed by atoms with Crippen LogP contribution < -0.4 is 10.0 Å². The maximum absolute atomic E-state index is 12.5. The number of rotatable bonds is 8. The van der Waals surface area contributed by atoms with E-state index >= 15 is 0 Å². The van der Waals surface area contributed by atoms with E-state index in [0.717, 1.165) is 31.5 Å². The standard InChI is InChI=1S/C22H27Cl2N3O3S/c1-16-7-9-18(10-8-16)31(29,30)25-14-17-4-3-12-27(15-17)13-11-21(28)26-22-19(23)5-2-6-20(22)24/h2,5-10,17,25H,3-4,11-15H2,1H3,(H,26,28). The second-order valence-electron chi connectivity index (χ2n) is 7.87. The van der Waals surface area contributed by atoms with E-state index in [1.807, 2.05) is 6.92 Å². The Balaban J connectivity index is 1.47. The molecule has 0 radical (unpaired) electrons. The van der Waals surface area contributed by atoms with Gasteiger partial charge in [-0.2, -0.15) is 0 Å². The van der Waals surface area contributed by atoms with Crippen LogP contribution in [0.4, 0.5) is 5.69 Å². The lowest BCUT2D eigenvalue weighted by atomic mass is 9.98. The molecule has 0 spiro atoms. The van der Waals surface area contributed by atoms with Gasteiger partial charge in [-0.25, -0.2) is 13.1 Å². The summed E-state index contributed by atoms with van der Waals surface area (Å²) in [4.78, 5) is 14.8. The van der Waals surface area contributed by atoms with Crippen molar-refractivity contribution in [2.75, 3.05) is 31.5 Å². The molecule has 0 bridgehead atoms. The number of aryl methyl sites for hydroxylation is 1. The lowest BCUT2D eigenvalue weighted by Crippen LogP contribution is -2.41. The van der Waals surface area contributed by atoms with Crippen molar-refractivity contribution in [1.29, 1.82) is 0 Å². The molecule has 31 heavy (non-hydrogen) atoms. The first-order chi connectivity index (χ1) is 14.7. The SMILES string of the molecule is Cc1ccc(S(=O)(=O)NCC2CCCN(CCC(=O)Nc3c(Cl)cccc3Cl)C2)cc1. The average molecular weight is 484 g/mol. The van der Waals surface area contributed by atoms with Gasteiger partial charge in [-0.15, -0.1) is 0 Å². The van der Waals surface area contributed by atoms with Crippen LogP contribution in [0.15, 0.2) is 47.4 Å². The smallest absolute Gasteiger partial charge is 0.240 e. The lowest BCUT2D eigenvalue weighted by molar-refractivity contribution is -0.116. The van der Waals surface area contributed by atoms with Crippen LogP contribution in [0, 0.1) is 12.8 Å². The Kier molecular flexibility index (Phi) is 8.36. The van der Waals surface area contributed by atoms with Crippen molar-refractivity contribution >= 4 is 44.8 Å². The molecule has 3 rings (SSSR count). The summed E-state index contributed by atoms with van der Waals surface area (Å²) in [5, 5.41) is 3.58. The van der Waals surface area contributed by atoms with E-state index in [1.165, 1.54) is 0 Å². The van der Waals surface area contributed by atoms with Gasteiger partial charge in [0, 0.05) is 26.1 Å². The summed E-state index contributed by atoms with van der Waals surface area (Å²) in [5.74, 6) is 0.0484. The monoisotopic (exact) mass is 483 g/mol. The molecule has 1 aliphatic rings. The van der Waals surface area contributed by atoms with E-state index in [9.17, 15) is 13.2 Å². The Morgan fingerprint density at radius 2 is 1.81 bits per heavy atom. The van der Waals surface area contributed by atoms with Gasteiger partial charge in [0.15, 0.2) is 0 Å². The summed E-state index contributed by atoms with van der Waals surface area (Å²) in [6.45, 7) is 4.53. The molecule has 9 heteroatoms. The molecule has 0 saturated carbocycles. The van der Waals surface area contributed by atoms with Gasteiger partial charge >= 0.3 is 0 Å². The first-order valence-electron chi connectivity index (χ1n) is 10.3. The van der Waals surface area contributed by atoms with Gasteiger partial charge in [0.2, 0.25) is 15.9 Å². The number of benzene rings is 2. The van der Waals surface area contributed by atoms with Crippen LogP contribution in [0.3, 0.4) is 0 Å². The van der Waals surface area contributed by atoms with E-state index < -0.39 is 10.0 Å². The predicted molar refractivity (Wildman–Crippen MR) is 125 cm³/mol. The first-order valence-corrected chi connectivity index (χ1v) is 12.5. The predicted octanol–water partition coefficient (Wildman–Crippen LogP) is 4.32. The van der Waals surface area contributed by atoms with Crippen LogP contribution in [-0.2, 0) is 14.8 Å². The number of hydrogen-bond acceptors (Lipinski definition) is 4. The van der Waals surface area contributed by atoms with Crippen molar-refractivity contribution in [3.8, 4) is 0 Å². The minimum atomic E-state index is -3.52. The number of carbonyl (C=O) groups excluding carboxylic acids is 1. The Labute approximate surface area is 194 Å². The molecular formula is C22H27Cl2N3O3S. The van der Waals surface area contributed by atoms with Crippen molar-refractivity contribution in [1.82, 2.24) is 9.62 Å². The number of nitrogens with zero attached hydrogens (tertiary/aromatic N) is 1. The number of amides is 1. The van der Waals surface area contributed by atoms with Gasteiger partial charge in [-0.05, 0) is 56.5 Å². The van der Waals surface area contributed by atoms with Crippen LogP contribution in [0.2, 0.25) is 10.0 Å². The molecule has 0 aromatic heterocycles. The summed E-state index contributed by atoms with van der Waals surface area (Å²) in [6, 6.07) is 11.9. The second-order valence-corrected chi connectivity index (χ2v) is 10.5. The number of carbonyl (C=O) groups is 1. The van der Waals surface area contributed by atoms with Gasteiger partial charge in [0.05, 0.1) is 20.6 Å². The Morgan fingerprint density at radius 1 is 1.13 bits per heavy atom. The molecule has 1 unspecified atom stereocenters. The Morgan fingerprint density at radius 3 is 2.48 bits per heavy atom. The first kappa shape index (κ1) is 24.0. The summed E-state index contributed by atoms with van der Waals surface area (Å²) >= 11 is 12.2. The highest BCUT2D eigenvalue weighted by Gasteiger charge is 2.23. The van der Waals surface area contributed by atoms with Crippen LogP contribution in [0.5, 0.6) is 0 Å². The van der Waals surface area contributed by atoms with E-state index in [2.05, 4.69) is 14.9 Å². The maximum atomic E-state index is 12.5. The Bertz CT molecular complexity index is 993. The molecule has 0 aliphatic carbocycles. The number of piperidine rings is 1. The fourth-order valence-corrected chi connectivity index (χ4v) is 5.24. The fraction of sp³-hybridized carbons (Fsp3) is 0.409. The summed E-state index contributed by atoms with van der Waals surface area (Å²) < 4.78 is 27.8. The third-order valence-corrected chi connectivity index (χ3v) is 7.45. The average Bonchev–Trinajstić information content (AvgIpc) is 2.74. The summed E-state index contributed by atoms with van der Waals surface area (Å²) in [5.41, 5.74) is 1.44. The zero-order chi connectivity index (χ0) is 22.4. The van der Waals surface area contributed by atoms with E-state index in [0.29, 0.717) is 35.2 Å². The van der Waals surface area contributed by atoms with Crippen LogP contribution in [-0.4, -0.2) is 45.4 Å². The van der Waals surface area contributed by atoms with Gasteiger partial charge in [0.1, 0.15) is 0 Å². The number of anilines is 1. The molecule has 6 nitrogen and oxygen atoms in total. The number of nitrogens with one attached hydrogen (secondary N) is 2. The normalized spacial score (nSPS) is 17.5. The third kappa shape index (κ3) is 6.92. The molecule has 1 aliphatic heterocycles. The quantitative estimate of drug-likeness (QED) is 0.585. The minimum absolute atomic E-state index is 0.155. The van der Waals surface area contributed by atoms with Gasteiger partial charge in [-0.1, -0.05) is 47.0 Å². The topological polar surface area (TPSA) is 78.5 Å². The molecule has 1 amide bonds. The van der Waals surface area contributed by atoms with Crippen molar-refractivity contribution in [2.45, 2.75) is 31.1 Å². The number of hydrogen-bond donors (Lipinski definition) is 2. The molecule has 2 aromatic rings. The molecule has 168 valence electrons. The molecule has 1 heterocycles. The zero-order valence-electron chi connectivity index (χ0n) is 17.4. The molecule has 2 N–H and O–H groups in total. The van der Waals surface area contributed by atoms with E-state index in [1.54, 1.807) is 42.5 Å². The third-order valence-electron chi connectivity index (χ3n) is 5.38. The highest BCUT2D eigenvalue weighted by molar-refractivity contribution is 7.89. The highest BCUT2D eigenvalue weighted by atomic mass is 35.5. The minimum Gasteiger partial charge on any atom is -0.324 e. The molecule has 1 fully saturated rings. The van der Waals surface area contributed by atoms with E-state index in [-0.39, 0.29) is 16.7 Å². The van der Waals surface area contributed by atoms with Gasteiger partial charge in [-0.3, -0.25) is 4.79 Å². The molecular weight excluding hydrogens is 457 g/mol. The molecule has 1 saturated heterocycles. The molecule has 2 aromatic carbocycles. The van der Waals surface area contributed by atoms with Crippen LogP contribution >= 0.6 is 23.2 Å². The lowest BCUT2D eigenvalue weighted by Gasteiger charge is -2.32. The Hall–Kier alpha value is -1.64. The summed E-state index contributed by atoms with van der Waals surface area (Å²) in [6.07, 6.45) is 2.23. The number of para-hydroxylation sites is 1. The highest BCUT2D eigenvalue weighted by Crippen LogP contribution is 2.29. The summed E-state index contributed by atoms with van der Waals surface area (Å²) in [7, 11) is -3.52. The molecule has 1 atom stereocenters. The van der Waals surface area contributed by atoms with Crippen molar-refractivity contribution in [3.63, 3.8) is 0 Å². The number of sulfonamides is 1. The van der Waals surface area contributed by atoms with Gasteiger partial charge in [0.25, 0.3) is 0 Å². The second kappa shape index (κ2) is 10.8. The van der Waals surface area contributed by atoms with Crippen LogP contribution in [0.25, 0.3) is 0 Å².